The first kappa shape index (κ1) is 30.2. The van der Waals surface area contributed by atoms with Gasteiger partial charge in [-0.05, 0) is 47.4 Å². The number of halogens is 3. The van der Waals surface area contributed by atoms with Crippen molar-refractivity contribution < 1.29 is 41.4 Å². The zero-order chi connectivity index (χ0) is 28.7. The molecule has 0 aliphatic rings. The number of sulfonamides is 1. The van der Waals surface area contributed by atoms with Crippen molar-refractivity contribution in [1.82, 2.24) is 0 Å². The molecule has 204 valence electrons. The Labute approximate surface area is 218 Å². The number of aromatic carboxylic acids is 1. The van der Waals surface area contributed by atoms with E-state index in [1.165, 1.54) is 6.07 Å². The topological polar surface area (TPSA) is 124 Å². The number of carboxylic acid groups (broad SMARTS) is 2. The second-order valence-electron chi connectivity index (χ2n) is 8.51. The van der Waals surface area contributed by atoms with Gasteiger partial charge in [-0.15, -0.1) is 0 Å². The lowest BCUT2D eigenvalue weighted by Gasteiger charge is -2.22. The number of carbonyl (C=O) groups is 2. The lowest BCUT2D eigenvalue weighted by Crippen LogP contribution is -2.21. The average Bonchev–Trinajstić information content (AvgIpc) is 2.84. The van der Waals surface area contributed by atoms with Gasteiger partial charge in [0.1, 0.15) is 0 Å². The molecule has 0 saturated carbocycles. The van der Waals surface area contributed by atoms with Gasteiger partial charge in [0.25, 0.3) is 10.0 Å². The van der Waals surface area contributed by atoms with Gasteiger partial charge in [-0.1, -0.05) is 56.3 Å². The second kappa shape index (κ2) is 12.5. The van der Waals surface area contributed by atoms with Crippen LogP contribution in [-0.4, -0.2) is 43.8 Å². The van der Waals surface area contributed by atoms with Crippen molar-refractivity contribution in [2.45, 2.75) is 37.4 Å². The molecule has 38 heavy (non-hydrogen) atoms. The molecule has 0 atom stereocenters. The van der Waals surface area contributed by atoms with Crippen LogP contribution in [-0.2, 0) is 21.4 Å². The quantitative estimate of drug-likeness (QED) is 0.333. The van der Waals surface area contributed by atoms with E-state index in [1.54, 1.807) is 43.4 Å². The van der Waals surface area contributed by atoms with Gasteiger partial charge in [0.15, 0.2) is 0 Å². The third-order valence-electron chi connectivity index (χ3n) is 5.25. The molecule has 0 unspecified atom stereocenters. The van der Waals surface area contributed by atoms with E-state index in [1.807, 2.05) is 49.1 Å². The van der Waals surface area contributed by atoms with Gasteiger partial charge in [-0.2, -0.15) is 13.2 Å². The molecular weight excluding hydrogens is 525 g/mol. The Bertz CT molecular complexity index is 1360. The Balaban J connectivity index is 0.000000638. The monoisotopic (exact) mass is 552 g/mol. The molecule has 8 nitrogen and oxygen atoms in total. The molecular formula is C26H27F3N2O6S. The van der Waals surface area contributed by atoms with Gasteiger partial charge in [-0.25, -0.2) is 18.0 Å². The van der Waals surface area contributed by atoms with Crippen LogP contribution in [0.2, 0.25) is 0 Å². The fourth-order valence-corrected chi connectivity index (χ4v) is 4.34. The lowest BCUT2D eigenvalue weighted by molar-refractivity contribution is -0.192. The summed E-state index contributed by atoms with van der Waals surface area (Å²) in [6, 6.07) is 20.9. The van der Waals surface area contributed by atoms with Crippen LogP contribution in [0, 0.1) is 0 Å². The summed E-state index contributed by atoms with van der Waals surface area (Å²) in [5.41, 5.74) is 2.80. The number of rotatable bonds is 8. The number of anilines is 2. The molecule has 3 rings (SSSR count). The molecule has 0 radical (unpaired) electrons. The van der Waals surface area contributed by atoms with E-state index in [9.17, 15) is 31.5 Å². The standard InChI is InChI=1S/C24H26N2O4S.C2HF3O2/c1-17(2)19-9-12-21(13-10-19)31(29,30)25-20-11-14-23(22(15-20)24(27)28)26(3)16-18-7-5-4-6-8-18;3-2(4,5)1(6)7/h4-15,17,25H,16H2,1-3H3,(H,27,28);(H,6,7). The number of alkyl halides is 3. The largest absolute Gasteiger partial charge is 0.490 e. The molecule has 0 amide bonds. The number of carboxylic acids is 2. The number of nitrogens with one attached hydrogen (secondary N) is 1. The van der Waals surface area contributed by atoms with Gasteiger partial charge < -0.3 is 15.1 Å². The number of nitrogens with zero attached hydrogens (tertiary/aromatic N) is 1. The Morgan fingerprint density at radius 3 is 1.97 bits per heavy atom. The summed E-state index contributed by atoms with van der Waals surface area (Å²) < 4.78 is 59.7. The molecule has 0 aliphatic carbocycles. The summed E-state index contributed by atoms with van der Waals surface area (Å²) in [7, 11) is -2.04. The highest BCUT2D eigenvalue weighted by Crippen LogP contribution is 2.27. The molecule has 3 aromatic rings. The maximum atomic E-state index is 12.8. The van der Waals surface area contributed by atoms with Gasteiger partial charge in [0.05, 0.1) is 16.1 Å². The molecule has 0 heterocycles. The highest BCUT2D eigenvalue weighted by molar-refractivity contribution is 7.92. The van der Waals surface area contributed by atoms with E-state index in [4.69, 9.17) is 9.90 Å². The molecule has 0 bridgehead atoms. The summed E-state index contributed by atoms with van der Waals surface area (Å²) in [6.07, 6.45) is -5.08. The average molecular weight is 553 g/mol. The predicted octanol–water partition coefficient (Wildman–Crippen LogP) is 5.58. The zero-order valence-electron chi connectivity index (χ0n) is 20.7. The molecule has 0 aromatic heterocycles. The van der Waals surface area contributed by atoms with Crippen molar-refractivity contribution in [2.75, 3.05) is 16.7 Å². The lowest BCUT2D eigenvalue weighted by atomic mass is 10.0. The van der Waals surface area contributed by atoms with Crippen molar-refractivity contribution in [1.29, 1.82) is 0 Å². The Kier molecular flexibility index (Phi) is 9.89. The van der Waals surface area contributed by atoms with Crippen molar-refractivity contribution in [3.63, 3.8) is 0 Å². The van der Waals surface area contributed by atoms with Crippen LogP contribution in [0.25, 0.3) is 0 Å². The minimum absolute atomic E-state index is 0.0220. The number of benzene rings is 3. The van der Waals surface area contributed by atoms with Crippen LogP contribution in [0.15, 0.2) is 77.7 Å². The number of aliphatic carboxylic acids is 1. The third-order valence-corrected chi connectivity index (χ3v) is 6.65. The molecule has 3 aromatic carbocycles. The summed E-state index contributed by atoms with van der Waals surface area (Å²) >= 11 is 0. The van der Waals surface area contributed by atoms with Crippen LogP contribution in [0.4, 0.5) is 24.5 Å². The highest BCUT2D eigenvalue weighted by atomic mass is 32.2. The molecule has 0 spiro atoms. The van der Waals surface area contributed by atoms with Crippen molar-refractivity contribution in [3.8, 4) is 0 Å². The van der Waals surface area contributed by atoms with E-state index in [2.05, 4.69) is 4.72 Å². The predicted molar refractivity (Wildman–Crippen MR) is 137 cm³/mol. The van der Waals surface area contributed by atoms with Crippen LogP contribution in [0.1, 0.15) is 41.3 Å². The van der Waals surface area contributed by atoms with Crippen molar-refractivity contribution in [2.24, 2.45) is 0 Å². The Hall–Kier alpha value is -4.06. The van der Waals surface area contributed by atoms with Gasteiger partial charge in [-0.3, -0.25) is 4.72 Å². The van der Waals surface area contributed by atoms with E-state index in [-0.39, 0.29) is 16.1 Å². The van der Waals surface area contributed by atoms with Crippen LogP contribution in [0.5, 0.6) is 0 Å². The fourth-order valence-electron chi connectivity index (χ4n) is 3.29. The van der Waals surface area contributed by atoms with E-state index in [0.717, 1.165) is 11.1 Å². The summed E-state index contributed by atoms with van der Waals surface area (Å²) in [5.74, 6) is -3.59. The maximum absolute atomic E-state index is 12.8. The minimum atomic E-state index is -5.08. The Morgan fingerprint density at radius 1 is 0.947 bits per heavy atom. The molecule has 0 saturated heterocycles. The van der Waals surface area contributed by atoms with Crippen LogP contribution >= 0.6 is 0 Å². The first-order valence-electron chi connectivity index (χ1n) is 11.2. The van der Waals surface area contributed by atoms with E-state index in [0.29, 0.717) is 18.2 Å². The minimum Gasteiger partial charge on any atom is -0.478 e. The second-order valence-corrected chi connectivity index (χ2v) is 10.2. The molecule has 0 fully saturated rings. The molecule has 0 aliphatic heterocycles. The van der Waals surface area contributed by atoms with Crippen molar-refractivity contribution in [3.05, 3.63) is 89.5 Å². The fraction of sp³-hybridized carbons (Fsp3) is 0.231. The SMILES string of the molecule is CC(C)c1ccc(S(=O)(=O)Nc2ccc(N(C)Cc3ccccc3)c(C(=O)O)c2)cc1.O=C(O)C(F)(F)F. The number of hydrogen-bond acceptors (Lipinski definition) is 5. The van der Waals surface area contributed by atoms with Gasteiger partial charge in [0.2, 0.25) is 0 Å². The third kappa shape index (κ3) is 8.51. The smallest absolute Gasteiger partial charge is 0.478 e. The summed E-state index contributed by atoms with van der Waals surface area (Å²) in [6.45, 7) is 4.59. The molecule has 3 N–H and O–H groups in total. The summed E-state index contributed by atoms with van der Waals surface area (Å²) in [5, 5.41) is 16.8. The maximum Gasteiger partial charge on any atom is 0.490 e. The van der Waals surface area contributed by atoms with Gasteiger partial charge >= 0.3 is 18.1 Å². The van der Waals surface area contributed by atoms with E-state index >= 15 is 0 Å². The highest BCUT2D eigenvalue weighted by Gasteiger charge is 2.38. The first-order valence-corrected chi connectivity index (χ1v) is 12.7. The first-order chi connectivity index (χ1) is 17.6. The van der Waals surface area contributed by atoms with Gasteiger partial charge in [0, 0.05) is 19.3 Å². The van der Waals surface area contributed by atoms with Crippen LogP contribution in [0.3, 0.4) is 0 Å². The van der Waals surface area contributed by atoms with Crippen LogP contribution < -0.4 is 9.62 Å². The number of hydrogen-bond donors (Lipinski definition) is 3. The van der Waals surface area contributed by atoms with E-state index < -0.39 is 28.1 Å². The normalized spacial score (nSPS) is 11.3. The summed E-state index contributed by atoms with van der Waals surface area (Å²) in [4.78, 5) is 22.7. The van der Waals surface area contributed by atoms with Crippen molar-refractivity contribution >= 4 is 33.3 Å². The molecule has 12 heteroatoms. The Morgan fingerprint density at radius 2 is 1.50 bits per heavy atom. The zero-order valence-corrected chi connectivity index (χ0v) is 21.5.